The minimum atomic E-state index is -1.16. The van der Waals surface area contributed by atoms with E-state index in [9.17, 15) is 13.9 Å². The molecule has 0 radical (unpaired) electrons. The number of aliphatic hydroxyl groups excluding tert-OH is 1. The standard InChI is InChI=1S/C11H14F2O2/c1-7-3-4-8(12)10(11(7)13)9(14)5-6-15-2/h3-4,9,14H,5-6H2,1-2H3. The molecule has 0 heterocycles. The van der Waals surface area contributed by atoms with Crippen LogP contribution in [0.3, 0.4) is 0 Å². The van der Waals surface area contributed by atoms with Crippen LogP contribution in [0.5, 0.6) is 0 Å². The molecule has 1 atom stereocenters. The quantitative estimate of drug-likeness (QED) is 0.837. The van der Waals surface area contributed by atoms with Crippen molar-refractivity contribution < 1.29 is 18.6 Å². The molecule has 0 aliphatic heterocycles. The monoisotopic (exact) mass is 216 g/mol. The molecule has 0 aliphatic carbocycles. The van der Waals surface area contributed by atoms with Gasteiger partial charge in [0.15, 0.2) is 0 Å². The van der Waals surface area contributed by atoms with Crippen LogP contribution in [0, 0.1) is 18.6 Å². The van der Waals surface area contributed by atoms with E-state index in [1.165, 1.54) is 20.1 Å². The fourth-order valence-corrected chi connectivity index (χ4v) is 1.36. The largest absolute Gasteiger partial charge is 0.388 e. The van der Waals surface area contributed by atoms with Crippen LogP contribution in [0.4, 0.5) is 8.78 Å². The lowest BCUT2D eigenvalue weighted by Gasteiger charge is -2.13. The Kier molecular flexibility index (Phi) is 4.17. The first-order chi connectivity index (χ1) is 7.07. The van der Waals surface area contributed by atoms with Gasteiger partial charge in [0.05, 0.1) is 11.7 Å². The van der Waals surface area contributed by atoms with Gasteiger partial charge in [-0.2, -0.15) is 0 Å². The van der Waals surface area contributed by atoms with E-state index in [-0.39, 0.29) is 18.6 Å². The summed E-state index contributed by atoms with van der Waals surface area (Å²) in [6, 6.07) is 2.50. The third-order valence-corrected chi connectivity index (χ3v) is 2.25. The zero-order chi connectivity index (χ0) is 11.4. The second-order valence-corrected chi connectivity index (χ2v) is 3.39. The van der Waals surface area contributed by atoms with Crippen LogP contribution < -0.4 is 0 Å². The maximum absolute atomic E-state index is 13.5. The lowest BCUT2D eigenvalue weighted by atomic mass is 10.0. The van der Waals surface area contributed by atoms with E-state index in [2.05, 4.69) is 0 Å². The smallest absolute Gasteiger partial charge is 0.134 e. The Hall–Kier alpha value is -1.00. The van der Waals surface area contributed by atoms with Gasteiger partial charge in [-0.25, -0.2) is 8.78 Å². The molecule has 0 bridgehead atoms. The number of hydrogen-bond donors (Lipinski definition) is 1. The van der Waals surface area contributed by atoms with Gasteiger partial charge >= 0.3 is 0 Å². The van der Waals surface area contributed by atoms with Crippen LogP contribution in [0.15, 0.2) is 12.1 Å². The van der Waals surface area contributed by atoms with E-state index >= 15 is 0 Å². The maximum atomic E-state index is 13.5. The van der Waals surface area contributed by atoms with Crippen molar-refractivity contribution in [2.45, 2.75) is 19.4 Å². The molecule has 0 saturated heterocycles. The summed E-state index contributed by atoms with van der Waals surface area (Å²) in [6.07, 6.45) is -0.988. The van der Waals surface area contributed by atoms with Crippen molar-refractivity contribution in [3.8, 4) is 0 Å². The van der Waals surface area contributed by atoms with Crippen molar-refractivity contribution in [2.24, 2.45) is 0 Å². The fraction of sp³-hybridized carbons (Fsp3) is 0.455. The SMILES string of the molecule is COCCC(O)c1c(F)ccc(C)c1F. The van der Waals surface area contributed by atoms with Crippen molar-refractivity contribution in [1.29, 1.82) is 0 Å². The molecule has 0 amide bonds. The Morgan fingerprint density at radius 2 is 2.07 bits per heavy atom. The van der Waals surface area contributed by atoms with Gasteiger partial charge in [-0.05, 0) is 18.6 Å². The van der Waals surface area contributed by atoms with Gasteiger partial charge in [0.1, 0.15) is 11.6 Å². The highest BCUT2D eigenvalue weighted by Gasteiger charge is 2.18. The van der Waals surface area contributed by atoms with Crippen LogP contribution in [0.25, 0.3) is 0 Å². The summed E-state index contributed by atoms with van der Waals surface area (Å²) in [7, 11) is 1.47. The lowest BCUT2D eigenvalue weighted by Crippen LogP contribution is -2.08. The Labute approximate surface area is 87.5 Å². The number of aliphatic hydroxyl groups is 1. The van der Waals surface area contributed by atoms with Crippen LogP contribution >= 0.6 is 0 Å². The molecule has 1 rings (SSSR count). The summed E-state index contributed by atoms with van der Waals surface area (Å²) in [4.78, 5) is 0. The molecule has 4 heteroatoms. The van der Waals surface area contributed by atoms with Gasteiger partial charge in [0, 0.05) is 20.1 Å². The first-order valence-electron chi connectivity index (χ1n) is 4.69. The van der Waals surface area contributed by atoms with E-state index in [1.54, 1.807) is 0 Å². The van der Waals surface area contributed by atoms with Gasteiger partial charge in [-0.15, -0.1) is 0 Å². The molecule has 15 heavy (non-hydrogen) atoms. The lowest BCUT2D eigenvalue weighted by molar-refractivity contribution is 0.105. The van der Waals surface area contributed by atoms with Gasteiger partial charge < -0.3 is 9.84 Å². The number of benzene rings is 1. The Morgan fingerprint density at radius 3 is 2.67 bits per heavy atom. The highest BCUT2D eigenvalue weighted by molar-refractivity contribution is 5.28. The van der Waals surface area contributed by atoms with E-state index < -0.39 is 17.7 Å². The number of rotatable bonds is 4. The van der Waals surface area contributed by atoms with Gasteiger partial charge in [0.2, 0.25) is 0 Å². The van der Waals surface area contributed by atoms with Crippen molar-refractivity contribution in [3.63, 3.8) is 0 Å². The number of halogens is 2. The van der Waals surface area contributed by atoms with Gasteiger partial charge in [-0.1, -0.05) is 6.07 Å². The van der Waals surface area contributed by atoms with Crippen molar-refractivity contribution >= 4 is 0 Å². The molecule has 0 fully saturated rings. The summed E-state index contributed by atoms with van der Waals surface area (Å²) in [6.45, 7) is 1.79. The molecule has 0 aromatic heterocycles. The molecule has 84 valence electrons. The van der Waals surface area contributed by atoms with E-state index in [4.69, 9.17) is 4.74 Å². The molecular weight excluding hydrogens is 202 g/mol. The molecule has 0 aliphatic rings. The Morgan fingerprint density at radius 1 is 1.40 bits per heavy atom. The van der Waals surface area contributed by atoms with Crippen LogP contribution in [-0.4, -0.2) is 18.8 Å². The molecule has 1 aromatic carbocycles. The minimum Gasteiger partial charge on any atom is -0.388 e. The first kappa shape index (κ1) is 12.1. The van der Waals surface area contributed by atoms with Crippen molar-refractivity contribution in [3.05, 3.63) is 34.9 Å². The molecule has 0 spiro atoms. The molecule has 2 nitrogen and oxygen atoms in total. The van der Waals surface area contributed by atoms with Crippen molar-refractivity contribution in [1.82, 2.24) is 0 Å². The minimum absolute atomic E-state index is 0.174. The third kappa shape index (κ3) is 2.73. The number of ether oxygens (including phenoxy) is 1. The number of aryl methyl sites for hydroxylation is 1. The average Bonchev–Trinajstić information content (AvgIpc) is 2.21. The summed E-state index contributed by atoms with van der Waals surface area (Å²) >= 11 is 0. The zero-order valence-electron chi connectivity index (χ0n) is 8.76. The average molecular weight is 216 g/mol. The normalized spacial score (nSPS) is 12.9. The van der Waals surface area contributed by atoms with Crippen LogP contribution in [-0.2, 0) is 4.74 Å². The molecule has 1 unspecified atom stereocenters. The Bertz CT molecular complexity index is 340. The Balaban J connectivity index is 2.96. The summed E-state index contributed by atoms with van der Waals surface area (Å²) in [5.41, 5.74) is 0.0508. The van der Waals surface area contributed by atoms with E-state index in [1.807, 2.05) is 0 Å². The van der Waals surface area contributed by atoms with Gasteiger partial charge in [-0.3, -0.25) is 0 Å². The maximum Gasteiger partial charge on any atom is 0.134 e. The summed E-state index contributed by atoms with van der Waals surface area (Å²) in [5.74, 6) is -1.40. The zero-order valence-corrected chi connectivity index (χ0v) is 8.76. The number of methoxy groups -OCH3 is 1. The first-order valence-corrected chi connectivity index (χ1v) is 4.69. The number of hydrogen-bond acceptors (Lipinski definition) is 2. The predicted octanol–water partition coefficient (Wildman–Crippen LogP) is 2.34. The van der Waals surface area contributed by atoms with Crippen LogP contribution in [0.1, 0.15) is 23.7 Å². The van der Waals surface area contributed by atoms with Crippen molar-refractivity contribution in [2.75, 3.05) is 13.7 Å². The molecule has 0 saturated carbocycles. The highest BCUT2D eigenvalue weighted by Crippen LogP contribution is 2.25. The molecule has 1 N–H and O–H groups in total. The van der Waals surface area contributed by atoms with E-state index in [0.29, 0.717) is 5.56 Å². The molecular formula is C11H14F2O2. The third-order valence-electron chi connectivity index (χ3n) is 2.25. The summed E-state index contributed by atoms with van der Waals surface area (Å²) in [5, 5.41) is 9.58. The van der Waals surface area contributed by atoms with Gasteiger partial charge in [0.25, 0.3) is 0 Å². The van der Waals surface area contributed by atoms with Crippen LogP contribution in [0.2, 0.25) is 0 Å². The van der Waals surface area contributed by atoms with E-state index in [0.717, 1.165) is 6.07 Å². The second-order valence-electron chi connectivity index (χ2n) is 3.39. The molecule has 1 aromatic rings. The fourth-order valence-electron chi connectivity index (χ4n) is 1.36. The second kappa shape index (κ2) is 5.19. The highest BCUT2D eigenvalue weighted by atomic mass is 19.1. The topological polar surface area (TPSA) is 29.5 Å². The summed E-state index contributed by atoms with van der Waals surface area (Å²) < 4.78 is 31.5. The predicted molar refractivity (Wildman–Crippen MR) is 52.5 cm³/mol.